The third kappa shape index (κ3) is 2.76. The smallest absolute Gasteiger partial charge is 0.256 e. The molecule has 2 fully saturated rings. The van der Waals surface area contributed by atoms with Crippen LogP contribution in [0.25, 0.3) is 0 Å². The fourth-order valence-electron chi connectivity index (χ4n) is 3.92. The average molecular weight is 321 g/mol. The van der Waals surface area contributed by atoms with Gasteiger partial charge in [-0.1, -0.05) is 11.6 Å². The number of benzene rings is 1. The SMILES string of the molecule is CCOC1CC(O)C12CCN(C(=O)c1cc(C)ccc1F)CC2. The van der Waals surface area contributed by atoms with Crippen LogP contribution < -0.4 is 0 Å². The number of amides is 1. The molecular weight excluding hydrogens is 297 g/mol. The van der Waals surface area contributed by atoms with Gasteiger partial charge in [0.2, 0.25) is 0 Å². The van der Waals surface area contributed by atoms with Gasteiger partial charge in [-0.25, -0.2) is 4.39 Å². The number of rotatable bonds is 3. The summed E-state index contributed by atoms with van der Waals surface area (Å²) in [5.41, 5.74) is 0.781. The Balaban J connectivity index is 1.69. The standard InChI is InChI=1S/C18H24FNO3/c1-3-23-16-11-15(21)18(16)6-8-20(9-7-18)17(22)13-10-12(2)4-5-14(13)19/h4-5,10,15-16,21H,3,6-9,11H2,1-2H3. The number of aliphatic hydroxyl groups is 1. The van der Waals surface area contributed by atoms with Crippen LogP contribution in [0.5, 0.6) is 0 Å². The number of piperidine rings is 1. The van der Waals surface area contributed by atoms with E-state index in [0.29, 0.717) is 39.0 Å². The molecule has 1 saturated heterocycles. The maximum absolute atomic E-state index is 13.9. The Morgan fingerprint density at radius 2 is 2.13 bits per heavy atom. The molecule has 1 aromatic rings. The number of likely N-dealkylation sites (tertiary alicyclic amines) is 1. The molecule has 1 amide bonds. The van der Waals surface area contributed by atoms with E-state index in [1.807, 2.05) is 13.8 Å². The summed E-state index contributed by atoms with van der Waals surface area (Å²) in [6.45, 7) is 5.51. The van der Waals surface area contributed by atoms with Gasteiger partial charge in [-0.2, -0.15) is 0 Å². The highest BCUT2D eigenvalue weighted by Gasteiger charge is 2.56. The first kappa shape index (κ1) is 16.4. The summed E-state index contributed by atoms with van der Waals surface area (Å²) >= 11 is 0. The number of aryl methyl sites for hydroxylation is 1. The molecule has 1 heterocycles. The van der Waals surface area contributed by atoms with Crippen molar-refractivity contribution in [3.8, 4) is 0 Å². The summed E-state index contributed by atoms with van der Waals surface area (Å²) in [7, 11) is 0. The average Bonchev–Trinajstić information content (AvgIpc) is 2.56. The first-order chi connectivity index (χ1) is 11.0. The maximum Gasteiger partial charge on any atom is 0.256 e. The monoisotopic (exact) mass is 321 g/mol. The number of carbonyl (C=O) groups excluding carboxylic acids is 1. The minimum atomic E-state index is -0.475. The van der Waals surface area contributed by atoms with Gasteiger partial charge in [0.15, 0.2) is 0 Å². The van der Waals surface area contributed by atoms with Crippen LogP contribution in [0.1, 0.15) is 42.1 Å². The summed E-state index contributed by atoms with van der Waals surface area (Å²) in [6, 6.07) is 4.60. The van der Waals surface area contributed by atoms with Crippen molar-refractivity contribution in [1.29, 1.82) is 0 Å². The van der Waals surface area contributed by atoms with Gasteiger partial charge in [0.25, 0.3) is 5.91 Å². The molecule has 0 radical (unpaired) electrons. The fourth-order valence-corrected chi connectivity index (χ4v) is 3.92. The Morgan fingerprint density at radius 3 is 2.74 bits per heavy atom. The highest BCUT2D eigenvalue weighted by molar-refractivity contribution is 5.94. The van der Waals surface area contributed by atoms with Crippen LogP contribution in [0.4, 0.5) is 4.39 Å². The normalized spacial score (nSPS) is 26.2. The molecule has 1 spiro atoms. The first-order valence-corrected chi connectivity index (χ1v) is 8.33. The Morgan fingerprint density at radius 1 is 1.43 bits per heavy atom. The van der Waals surface area contributed by atoms with Crippen LogP contribution >= 0.6 is 0 Å². The molecule has 1 N–H and O–H groups in total. The second kappa shape index (κ2) is 6.21. The van der Waals surface area contributed by atoms with Crippen LogP contribution in [0.15, 0.2) is 18.2 Å². The summed E-state index contributed by atoms with van der Waals surface area (Å²) in [4.78, 5) is 14.3. The molecule has 2 unspecified atom stereocenters. The van der Waals surface area contributed by atoms with Crippen LogP contribution in [0.2, 0.25) is 0 Å². The summed E-state index contributed by atoms with van der Waals surface area (Å²) < 4.78 is 19.7. The van der Waals surface area contributed by atoms with Crippen molar-refractivity contribution in [2.45, 2.75) is 45.3 Å². The molecule has 2 atom stereocenters. The maximum atomic E-state index is 13.9. The van der Waals surface area contributed by atoms with Crippen molar-refractivity contribution in [2.75, 3.05) is 19.7 Å². The van der Waals surface area contributed by atoms with E-state index in [4.69, 9.17) is 4.74 Å². The predicted octanol–water partition coefficient (Wildman–Crippen LogP) is 2.53. The summed E-state index contributed by atoms with van der Waals surface area (Å²) in [5.74, 6) is -0.736. The minimum absolute atomic E-state index is 0.0791. The van der Waals surface area contributed by atoms with Crippen molar-refractivity contribution in [1.82, 2.24) is 4.90 Å². The van der Waals surface area contributed by atoms with E-state index in [0.717, 1.165) is 5.56 Å². The number of halogens is 1. The molecule has 126 valence electrons. The lowest BCUT2D eigenvalue weighted by molar-refractivity contribution is -0.207. The molecular formula is C18H24FNO3. The van der Waals surface area contributed by atoms with Gasteiger partial charge in [-0.3, -0.25) is 4.79 Å². The van der Waals surface area contributed by atoms with Gasteiger partial charge in [0, 0.05) is 31.5 Å². The van der Waals surface area contributed by atoms with E-state index in [1.54, 1.807) is 17.0 Å². The number of ether oxygens (including phenoxy) is 1. The second-order valence-corrected chi connectivity index (χ2v) is 6.70. The Labute approximate surface area is 136 Å². The molecule has 4 nitrogen and oxygen atoms in total. The fraction of sp³-hybridized carbons (Fsp3) is 0.611. The van der Waals surface area contributed by atoms with E-state index in [9.17, 15) is 14.3 Å². The van der Waals surface area contributed by atoms with Crippen LogP contribution in [-0.2, 0) is 4.74 Å². The van der Waals surface area contributed by atoms with Gasteiger partial charge >= 0.3 is 0 Å². The lowest BCUT2D eigenvalue weighted by Gasteiger charge is -2.56. The van der Waals surface area contributed by atoms with Crippen molar-refractivity contribution < 1.29 is 19.0 Å². The third-order valence-corrected chi connectivity index (χ3v) is 5.44. The zero-order chi connectivity index (χ0) is 16.6. The molecule has 3 rings (SSSR count). The second-order valence-electron chi connectivity index (χ2n) is 6.70. The van der Waals surface area contributed by atoms with E-state index in [-0.39, 0.29) is 29.1 Å². The molecule has 1 aromatic carbocycles. The molecule has 0 aromatic heterocycles. The molecule has 0 bridgehead atoms. The lowest BCUT2D eigenvalue weighted by atomic mass is 9.58. The van der Waals surface area contributed by atoms with Gasteiger partial charge < -0.3 is 14.7 Å². The molecule has 1 aliphatic heterocycles. The first-order valence-electron chi connectivity index (χ1n) is 8.33. The zero-order valence-electron chi connectivity index (χ0n) is 13.7. The number of nitrogens with zero attached hydrogens (tertiary/aromatic N) is 1. The highest BCUT2D eigenvalue weighted by atomic mass is 19.1. The van der Waals surface area contributed by atoms with E-state index in [2.05, 4.69) is 0 Å². The number of aliphatic hydroxyl groups excluding tert-OH is 1. The topological polar surface area (TPSA) is 49.8 Å². The molecule has 23 heavy (non-hydrogen) atoms. The van der Waals surface area contributed by atoms with Crippen molar-refractivity contribution >= 4 is 5.91 Å². The number of carbonyl (C=O) groups is 1. The van der Waals surface area contributed by atoms with Crippen molar-refractivity contribution in [2.24, 2.45) is 5.41 Å². The third-order valence-electron chi connectivity index (χ3n) is 5.44. The van der Waals surface area contributed by atoms with E-state index < -0.39 is 5.82 Å². The predicted molar refractivity (Wildman–Crippen MR) is 84.7 cm³/mol. The molecule has 5 heteroatoms. The van der Waals surface area contributed by atoms with Crippen LogP contribution in [0.3, 0.4) is 0 Å². The van der Waals surface area contributed by atoms with Gasteiger partial charge in [0.1, 0.15) is 5.82 Å². The quantitative estimate of drug-likeness (QED) is 0.931. The molecule has 1 aliphatic carbocycles. The highest BCUT2D eigenvalue weighted by Crippen LogP contribution is 2.51. The van der Waals surface area contributed by atoms with Crippen LogP contribution in [0, 0.1) is 18.2 Å². The largest absolute Gasteiger partial charge is 0.392 e. The van der Waals surface area contributed by atoms with Crippen LogP contribution in [-0.4, -0.2) is 47.8 Å². The number of hydrogen-bond donors (Lipinski definition) is 1. The summed E-state index contributed by atoms with van der Waals surface area (Å²) in [6.07, 6.45) is 1.81. The Kier molecular flexibility index (Phi) is 4.43. The van der Waals surface area contributed by atoms with Gasteiger partial charge in [-0.05, 0) is 38.8 Å². The molecule has 2 aliphatic rings. The number of hydrogen-bond acceptors (Lipinski definition) is 3. The molecule has 1 saturated carbocycles. The Bertz CT molecular complexity index is 594. The zero-order valence-corrected chi connectivity index (χ0v) is 13.7. The Hall–Kier alpha value is -1.46. The van der Waals surface area contributed by atoms with Crippen molar-refractivity contribution in [3.05, 3.63) is 35.1 Å². The summed E-state index contributed by atoms with van der Waals surface area (Å²) in [5, 5.41) is 10.2. The van der Waals surface area contributed by atoms with E-state index >= 15 is 0 Å². The van der Waals surface area contributed by atoms with Gasteiger partial charge in [0.05, 0.1) is 17.8 Å². The van der Waals surface area contributed by atoms with Gasteiger partial charge in [-0.15, -0.1) is 0 Å². The lowest BCUT2D eigenvalue weighted by Crippen LogP contribution is -2.62. The van der Waals surface area contributed by atoms with E-state index in [1.165, 1.54) is 6.07 Å². The minimum Gasteiger partial charge on any atom is -0.392 e. The van der Waals surface area contributed by atoms with Crippen molar-refractivity contribution in [3.63, 3.8) is 0 Å².